The first kappa shape index (κ1) is 13.1. The summed E-state index contributed by atoms with van der Waals surface area (Å²) in [6, 6.07) is 0. The Morgan fingerprint density at radius 1 is 1.15 bits per heavy atom. The van der Waals surface area contributed by atoms with Gasteiger partial charge in [0.2, 0.25) is 0 Å². The molecule has 20 heavy (non-hydrogen) atoms. The Balaban J connectivity index is 1.62. The molecule has 0 heterocycles. The molecule has 1 N–H and O–H groups in total. The lowest BCUT2D eigenvalue weighted by Gasteiger charge is -2.54. The third-order valence-electron chi connectivity index (χ3n) is 7.32. The van der Waals surface area contributed by atoms with Crippen LogP contribution < -0.4 is 0 Å². The minimum absolute atomic E-state index is 0.0744. The van der Waals surface area contributed by atoms with Gasteiger partial charge in [-0.1, -0.05) is 13.0 Å². The first-order valence-electron chi connectivity index (χ1n) is 8.48. The van der Waals surface area contributed by atoms with Crippen molar-refractivity contribution in [2.45, 2.75) is 58.0 Å². The van der Waals surface area contributed by atoms with E-state index in [1.165, 1.54) is 32.1 Å². The summed E-state index contributed by atoms with van der Waals surface area (Å²) in [5, 5.41) is 10.4. The SMILES string of the molecule is C[C@]12CC[C@@H]3[C@H]4C=CC(=O)C[C@@H]4CC[C@H]3[C@@H]1CC[C@H]2O. The molecule has 0 radical (unpaired) electrons. The number of ketones is 1. The van der Waals surface area contributed by atoms with Gasteiger partial charge in [0.05, 0.1) is 6.10 Å². The van der Waals surface area contributed by atoms with Gasteiger partial charge in [-0.3, -0.25) is 4.79 Å². The van der Waals surface area contributed by atoms with Gasteiger partial charge in [-0.25, -0.2) is 0 Å². The third kappa shape index (κ3) is 1.70. The van der Waals surface area contributed by atoms with Crippen molar-refractivity contribution in [2.24, 2.45) is 35.0 Å². The lowest BCUT2D eigenvalue weighted by molar-refractivity contribution is -0.118. The van der Waals surface area contributed by atoms with Gasteiger partial charge in [-0.05, 0) is 79.6 Å². The molecule has 2 heteroatoms. The lowest BCUT2D eigenvalue weighted by atomic mass is 9.51. The van der Waals surface area contributed by atoms with Crippen molar-refractivity contribution in [1.29, 1.82) is 0 Å². The van der Waals surface area contributed by atoms with Gasteiger partial charge in [0.1, 0.15) is 0 Å². The predicted octanol–water partition coefficient (Wildman–Crippen LogP) is 3.35. The van der Waals surface area contributed by atoms with Crippen LogP contribution in [-0.2, 0) is 4.79 Å². The Hall–Kier alpha value is -0.630. The summed E-state index contributed by atoms with van der Waals surface area (Å²) >= 11 is 0. The van der Waals surface area contributed by atoms with Crippen LogP contribution in [0.1, 0.15) is 51.9 Å². The largest absolute Gasteiger partial charge is 0.393 e. The molecule has 4 aliphatic rings. The van der Waals surface area contributed by atoms with Crippen molar-refractivity contribution in [2.75, 3.05) is 0 Å². The Morgan fingerprint density at radius 3 is 2.85 bits per heavy atom. The van der Waals surface area contributed by atoms with E-state index in [0.717, 1.165) is 30.6 Å². The van der Waals surface area contributed by atoms with Gasteiger partial charge in [0, 0.05) is 6.42 Å². The Labute approximate surface area is 121 Å². The maximum absolute atomic E-state index is 11.6. The van der Waals surface area contributed by atoms with Crippen LogP contribution >= 0.6 is 0 Å². The molecule has 7 atom stereocenters. The van der Waals surface area contributed by atoms with Crippen molar-refractivity contribution >= 4 is 5.78 Å². The molecule has 0 aliphatic heterocycles. The molecule has 0 bridgehead atoms. The number of rotatable bonds is 0. The summed E-state index contributed by atoms with van der Waals surface area (Å²) in [7, 11) is 0. The molecule has 0 unspecified atom stereocenters. The summed E-state index contributed by atoms with van der Waals surface area (Å²) in [6.07, 6.45) is 12.0. The van der Waals surface area contributed by atoms with E-state index in [-0.39, 0.29) is 11.5 Å². The van der Waals surface area contributed by atoms with Gasteiger partial charge >= 0.3 is 0 Å². The van der Waals surface area contributed by atoms with Crippen LogP contribution in [0.15, 0.2) is 12.2 Å². The van der Waals surface area contributed by atoms with E-state index in [1.54, 1.807) is 0 Å². The van der Waals surface area contributed by atoms with Crippen molar-refractivity contribution in [3.8, 4) is 0 Å². The van der Waals surface area contributed by atoms with Gasteiger partial charge in [0.15, 0.2) is 5.78 Å². The fraction of sp³-hybridized carbons (Fsp3) is 0.833. The summed E-state index contributed by atoms with van der Waals surface area (Å²) in [6.45, 7) is 2.33. The van der Waals surface area contributed by atoms with Gasteiger partial charge in [-0.2, -0.15) is 0 Å². The number of fused-ring (bicyclic) bond motifs is 5. The van der Waals surface area contributed by atoms with Gasteiger partial charge in [0.25, 0.3) is 0 Å². The standard InChI is InChI=1S/C18H26O2/c1-18-9-8-14-13-5-3-12(19)10-11(13)2-4-15(14)16(18)6-7-17(18)20/h3,5,11,13-17,20H,2,4,6-10H2,1H3/t11-,13-,14+,15+,16-,17+,18-/m0/s1. The van der Waals surface area contributed by atoms with E-state index in [1.807, 2.05) is 6.08 Å². The van der Waals surface area contributed by atoms with E-state index >= 15 is 0 Å². The summed E-state index contributed by atoms with van der Waals surface area (Å²) in [5.74, 6) is 3.90. The molecule has 0 spiro atoms. The zero-order chi connectivity index (χ0) is 13.9. The smallest absolute Gasteiger partial charge is 0.155 e. The molecule has 0 aromatic heterocycles. The maximum atomic E-state index is 11.6. The molecule has 3 saturated carbocycles. The van der Waals surface area contributed by atoms with E-state index in [0.29, 0.717) is 17.6 Å². The zero-order valence-electron chi connectivity index (χ0n) is 12.4. The average Bonchev–Trinajstić information content (AvgIpc) is 2.74. The fourth-order valence-corrected chi connectivity index (χ4v) is 6.21. The van der Waals surface area contributed by atoms with E-state index in [4.69, 9.17) is 0 Å². The topological polar surface area (TPSA) is 37.3 Å². The van der Waals surface area contributed by atoms with E-state index in [9.17, 15) is 9.90 Å². The average molecular weight is 274 g/mol. The second-order valence-electron chi connectivity index (χ2n) is 8.02. The molecule has 0 saturated heterocycles. The second kappa shape index (κ2) is 4.43. The fourth-order valence-electron chi connectivity index (χ4n) is 6.21. The maximum Gasteiger partial charge on any atom is 0.155 e. The number of hydrogen-bond acceptors (Lipinski definition) is 2. The summed E-state index contributed by atoms with van der Waals surface area (Å²) in [4.78, 5) is 11.6. The first-order valence-corrected chi connectivity index (χ1v) is 8.48. The molecule has 4 rings (SSSR count). The predicted molar refractivity (Wildman–Crippen MR) is 78.0 cm³/mol. The zero-order valence-corrected chi connectivity index (χ0v) is 12.4. The summed E-state index contributed by atoms with van der Waals surface area (Å²) in [5.41, 5.74) is 0.183. The van der Waals surface area contributed by atoms with Crippen molar-refractivity contribution in [3.63, 3.8) is 0 Å². The van der Waals surface area contributed by atoms with Crippen LogP contribution in [0.25, 0.3) is 0 Å². The minimum atomic E-state index is -0.0744. The van der Waals surface area contributed by atoms with Crippen molar-refractivity contribution < 1.29 is 9.90 Å². The molecular weight excluding hydrogens is 248 g/mol. The second-order valence-corrected chi connectivity index (χ2v) is 8.02. The first-order chi connectivity index (χ1) is 9.59. The quantitative estimate of drug-likeness (QED) is 0.735. The van der Waals surface area contributed by atoms with Crippen LogP contribution in [0, 0.1) is 35.0 Å². The Bertz CT molecular complexity index is 454. The van der Waals surface area contributed by atoms with Crippen LogP contribution in [0.4, 0.5) is 0 Å². The number of aliphatic hydroxyl groups excluding tert-OH is 1. The highest BCUT2D eigenvalue weighted by Gasteiger charge is 2.56. The van der Waals surface area contributed by atoms with Crippen LogP contribution in [0.3, 0.4) is 0 Å². The summed E-state index contributed by atoms with van der Waals surface area (Å²) < 4.78 is 0. The molecule has 0 aromatic carbocycles. The molecule has 110 valence electrons. The van der Waals surface area contributed by atoms with Crippen LogP contribution in [0.2, 0.25) is 0 Å². The highest BCUT2D eigenvalue weighted by atomic mass is 16.3. The number of allylic oxidation sites excluding steroid dienone is 2. The van der Waals surface area contributed by atoms with Crippen LogP contribution in [0.5, 0.6) is 0 Å². The molecule has 4 aliphatic carbocycles. The number of aliphatic hydroxyl groups is 1. The molecular formula is C18H26O2. The Morgan fingerprint density at radius 2 is 2.00 bits per heavy atom. The molecule has 3 fully saturated rings. The molecule has 0 amide bonds. The Kier molecular flexibility index (Phi) is 2.89. The normalized spacial score (nSPS) is 54.2. The number of carbonyl (C=O) groups is 1. The van der Waals surface area contributed by atoms with Gasteiger partial charge < -0.3 is 5.11 Å². The molecule has 2 nitrogen and oxygen atoms in total. The van der Waals surface area contributed by atoms with E-state index < -0.39 is 0 Å². The van der Waals surface area contributed by atoms with Gasteiger partial charge in [-0.15, -0.1) is 0 Å². The third-order valence-corrected chi connectivity index (χ3v) is 7.32. The van der Waals surface area contributed by atoms with Crippen molar-refractivity contribution in [1.82, 2.24) is 0 Å². The number of carbonyl (C=O) groups excluding carboxylic acids is 1. The van der Waals surface area contributed by atoms with Crippen molar-refractivity contribution in [3.05, 3.63) is 12.2 Å². The lowest BCUT2D eigenvalue weighted by Crippen LogP contribution is -2.48. The van der Waals surface area contributed by atoms with E-state index in [2.05, 4.69) is 13.0 Å². The minimum Gasteiger partial charge on any atom is -0.393 e. The molecule has 0 aromatic rings. The highest BCUT2D eigenvalue weighted by Crippen LogP contribution is 2.61. The number of hydrogen-bond donors (Lipinski definition) is 1. The van der Waals surface area contributed by atoms with Crippen LogP contribution in [-0.4, -0.2) is 17.0 Å². The highest BCUT2D eigenvalue weighted by molar-refractivity contribution is 5.90. The monoisotopic (exact) mass is 274 g/mol.